The van der Waals surface area contributed by atoms with Crippen LogP contribution >= 0.6 is 0 Å². The third kappa shape index (κ3) is 3.99. The van der Waals surface area contributed by atoms with Crippen LogP contribution in [0.5, 0.6) is 11.5 Å². The Kier molecular flexibility index (Phi) is 4.82. The highest BCUT2D eigenvalue weighted by Gasteiger charge is 2.15. The first-order chi connectivity index (χ1) is 10.1. The van der Waals surface area contributed by atoms with E-state index in [-0.39, 0.29) is 5.91 Å². The van der Waals surface area contributed by atoms with Gasteiger partial charge in [-0.15, -0.1) is 0 Å². The van der Waals surface area contributed by atoms with Crippen molar-refractivity contribution in [2.24, 2.45) is 0 Å². The van der Waals surface area contributed by atoms with Gasteiger partial charge in [0, 0.05) is 5.69 Å². The van der Waals surface area contributed by atoms with Crippen LogP contribution in [0.25, 0.3) is 0 Å². The molecule has 4 heteroatoms. The molecule has 0 bridgehead atoms. The van der Waals surface area contributed by atoms with Crippen molar-refractivity contribution in [2.75, 3.05) is 12.4 Å². The molecule has 1 N–H and O–H groups in total. The fourth-order valence-electron chi connectivity index (χ4n) is 1.86. The van der Waals surface area contributed by atoms with Gasteiger partial charge in [-0.05, 0) is 49.7 Å². The Morgan fingerprint density at radius 3 is 2.29 bits per heavy atom. The lowest BCUT2D eigenvalue weighted by atomic mass is 10.2. The molecule has 0 saturated heterocycles. The van der Waals surface area contributed by atoms with E-state index in [4.69, 9.17) is 9.47 Å². The van der Waals surface area contributed by atoms with Gasteiger partial charge >= 0.3 is 0 Å². The molecule has 0 saturated carbocycles. The zero-order valence-corrected chi connectivity index (χ0v) is 12.4. The number of hydrogen-bond acceptors (Lipinski definition) is 3. The highest BCUT2D eigenvalue weighted by molar-refractivity contribution is 5.94. The predicted octanol–water partition coefficient (Wildman–Crippen LogP) is 3.41. The molecule has 2 aromatic carbocycles. The van der Waals surface area contributed by atoms with Gasteiger partial charge in [0.25, 0.3) is 5.91 Å². The fourth-order valence-corrected chi connectivity index (χ4v) is 1.86. The van der Waals surface area contributed by atoms with Gasteiger partial charge in [-0.3, -0.25) is 4.79 Å². The van der Waals surface area contributed by atoms with Gasteiger partial charge in [-0.2, -0.15) is 0 Å². The van der Waals surface area contributed by atoms with Gasteiger partial charge in [0.15, 0.2) is 6.10 Å². The van der Waals surface area contributed by atoms with Crippen molar-refractivity contribution in [3.63, 3.8) is 0 Å². The average molecular weight is 285 g/mol. The second kappa shape index (κ2) is 6.79. The summed E-state index contributed by atoms with van der Waals surface area (Å²) in [6.45, 7) is 3.67. The molecule has 0 radical (unpaired) electrons. The molecule has 0 spiro atoms. The zero-order valence-electron chi connectivity index (χ0n) is 12.4. The van der Waals surface area contributed by atoms with Gasteiger partial charge in [0.05, 0.1) is 7.11 Å². The van der Waals surface area contributed by atoms with E-state index in [1.165, 1.54) is 0 Å². The van der Waals surface area contributed by atoms with Crippen LogP contribution in [0.15, 0.2) is 48.5 Å². The van der Waals surface area contributed by atoms with Crippen LogP contribution < -0.4 is 14.8 Å². The summed E-state index contributed by atoms with van der Waals surface area (Å²) in [4.78, 5) is 12.1. The quantitative estimate of drug-likeness (QED) is 0.915. The Bertz CT molecular complexity index is 608. The number of rotatable bonds is 5. The molecule has 4 nitrogen and oxygen atoms in total. The molecule has 1 amide bonds. The summed E-state index contributed by atoms with van der Waals surface area (Å²) in [5.74, 6) is 1.20. The summed E-state index contributed by atoms with van der Waals surface area (Å²) >= 11 is 0. The van der Waals surface area contributed by atoms with Crippen molar-refractivity contribution >= 4 is 11.6 Å². The predicted molar refractivity (Wildman–Crippen MR) is 82.9 cm³/mol. The number of carbonyl (C=O) groups excluding carboxylic acids is 1. The van der Waals surface area contributed by atoms with Crippen LogP contribution in [0.1, 0.15) is 12.5 Å². The summed E-state index contributed by atoms with van der Waals surface area (Å²) in [7, 11) is 1.61. The normalized spacial score (nSPS) is 11.6. The Hall–Kier alpha value is -2.49. The summed E-state index contributed by atoms with van der Waals surface area (Å²) in [5, 5.41) is 2.86. The van der Waals surface area contributed by atoms with E-state index in [9.17, 15) is 4.79 Å². The smallest absolute Gasteiger partial charge is 0.265 e. The number of anilines is 1. The molecule has 110 valence electrons. The Labute approximate surface area is 124 Å². The number of ether oxygens (including phenoxy) is 2. The van der Waals surface area contributed by atoms with E-state index >= 15 is 0 Å². The lowest BCUT2D eigenvalue weighted by Gasteiger charge is -2.16. The molecule has 0 aliphatic rings. The number of hydrogen-bond donors (Lipinski definition) is 1. The third-order valence-electron chi connectivity index (χ3n) is 3.14. The first kappa shape index (κ1) is 14.9. The molecule has 21 heavy (non-hydrogen) atoms. The number of para-hydroxylation sites is 1. The van der Waals surface area contributed by atoms with Gasteiger partial charge in [-0.1, -0.05) is 18.2 Å². The van der Waals surface area contributed by atoms with E-state index in [2.05, 4.69) is 5.32 Å². The second-order valence-corrected chi connectivity index (χ2v) is 4.74. The summed E-state index contributed by atoms with van der Waals surface area (Å²) < 4.78 is 10.7. The standard InChI is InChI=1S/C17H19NO3/c1-12-6-4-5-7-16(12)18-17(19)13(2)21-15-10-8-14(20-3)9-11-15/h4-11,13H,1-3H3,(H,18,19)/t13-/m1/s1. The zero-order chi connectivity index (χ0) is 15.2. The van der Waals surface area contributed by atoms with E-state index in [1.54, 1.807) is 38.3 Å². The number of carbonyl (C=O) groups is 1. The van der Waals surface area contributed by atoms with E-state index in [0.717, 1.165) is 17.0 Å². The van der Waals surface area contributed by atoms with Crippen molar-refractivity contribution in [2.45, 2.75) is 20.0 Å². The Morgan fingerprint density at radius 2 is 1.67 bits per heavy atom. The largest absolute Gasteiger partial charge is 0.497 e. The molecule has 2 aromatic rings. The summed E-state index contributed by atoms with van der Waals surface area (Å²) in [6, 6.07) is 14.8. The Morgan fingerprint density at radius 1 is 1.05 bits per heavy atom. The highest BCUT2D eigenvalue weighted by Crippen LogP contribution is 2.19. The maximum Gasteiger partial charge on any atom is 0.265 e. The topological polar surface area (TPSA) is 47.6 Å². The van der Waals surface area contributed by atoms with Crippen molar-refractivity contribution in [1.82, 2.24) is 0 Å². The number of nitrogens with one attached hydrogen (secondary N) is 1. The van der Waals surface area contributed by atoms with Crippen LogP contribution in [-0.4, -0.2) is 19.1 Å². The molecule has 0 fully saturated rings. The molecule has 2 rings (SSSR count). The van der Waals surface area contributed by atoms with Gasteiger partial charge in [0.1, 0.15) is 11.5 Å². The van der Waals surface area contributed by atoms with Gasteiger partial charge in [-0.25, -0.2) is 0 Å². The fraction of sp³-hybridized carbons (Fsp3) is 0.235. The molecule has 0 aliphatic carbocycles. The number of methoxy groups -OCH3 is 1. The number of benzene rings is 2. The monoisotopic (exact) mass is 285 g/mol. The van der Waals surface area contributed by atoms with Crippen molar-refractivity contribution < 1.29 is 14.3 Å². The SMILES string of the molecule is COc1ccc(O[C@H](C)C(=O)Nc2ccccc2C)cc1. The lowest BCUT2D eigenvalue weighted by molar-refractivity contribution is -0.122. The first-order valence-corrected chi connectivity index (χ1v) is 6.77. The summed E-state index contributed by atoms with van der Waals surface area (Å²) in [6.07, 6.45) is -0.585. The summed E-state index contributed by atoms with van der Waals surface area (Å²) in [5.41, 5.74) is 1.81. The Balaban J connectivity index is 1.97. The van der Waals surface area contributed by atoms with Crippen molar-refractivity contribution in [3.05, 3.63) is 54.1 Å². The van der Waals surface area contributed by atoms with E-state index < -0.39 is 6.10 Å². The van der Waals surface area contributed by atoms with Crippen LogP contribution in [0.2, 0.25) is 0 Å². The molecule has 0 heterocycles. The van der Waals surface area contributed by atoms with Crippen LogP contribution in [-0.2, 0) is 4.79 Å². The molecule has 0 aliphatic heterocycles. The van der Waals surface area contributed by atoms with Gasteiger partial charge < -0.3 is 14.8 Å². The van der Waals surface area contributed by atoms with Crippen LogP contribution in [0, 0.1) is 6.92 Å². The number of amides is 1. The second-order valence-electron chi connectivity index (χ2n) is 4.74. The molecular formula is C17H19NO3. The first-order valence-electron chi connectivity index (χ1n) is 6.77. The van der Waals surface area contributed by atoms with Crippen molar-refractivity contribution in [3.8, 4) is 11.5 Å². The lowest BCUT2D eigenvalue weighted by Crippen LogP contribution is -2.30. The van der Waals surface area contributed by atoms with Gasteiger partial charge in [0.2, 0.25) is 0 Å². The van der Waals surface area contributed by atoms with E-state index in [1.807, 2.05) is 31.2 Å². The van der Waals surface area contributed by atoms with Crippen LogP contribution in [0.4, 0.5) is 5.69 Å². The minimum Gasteiger partial charge on any atom is -0.497 e. The maximum absolute atomic E-state index is 12.1. The molecular weight excluding hydrogens is 266 g/mol. The molecule has 1 atom stereocenters. The van der Waals surface area contributed by atoms with E-state index in [0.29, 0.717) is 5.75 Å². The highest BCUT2D eigenvalue weighted by atomic mass is 16.5. The average Bonchev–Trinajstić information content (AvgIpc) is 2.50. The minimum absolute atomic E-state index is 0.180. The maximum atomic E-state index is 12.1. The number of aryl methyl sites for hydroxylation is 1. The molecule has 0 unspecified atom stereocenters. The van der Waals surface area contributed by atoms with Crippen molar-refractivity contribution in [1.29, 1.82) is 0 Å². The third-order valence-corrected chi connectivity index (χ3v) is 3.14. The molecule has 0 aromatic heterocycles. The minimum atomic E-state index is -0.585. The van der Waals surface area contributed by atoms with Crippen LogP contribution in [0.3, 0.4) is 0 Å².